The molecule has 4 rings (SSSR count). The highest BCUT2D eigenvalue weighted by atomic mass is 32.2. The number of ether oxygens (including phenoxy) is 1. The third-order valence-electron chi connectivity index (χ3n) is 5.20. The van der Waals surface area contributed by atoms with E-state index in [1.54, 1.807) is 66.0 Å². The number of sulfonamides is 1. The van der Waals surface area contributed by atoms with Crippen LogP contribution < -0.4 is 4.72 Å². The number of ketones is 1. The molecular weight excluding hydrogens is 470 g/mol. The number of carbonyl (C=O) groups excluding carboxylic acids is 2. The lowest BCUT2D eigenvalue weighted by atomic mass is 10.0. The number of nitrogens with one attached hydrogen (secondary N) is 1. The highest BCUT2D eigenvalue weighted by Gasteiger charge is 2.31. The van der Waals surface area contributed by atoms with Gasteiger partial charge in [0.1, 0.15) is 9.77 Å². The molecule has 0 fully saturated rings. The van der Waals surface area contributed by atoms with Crippen molar-refractivity contribution in [2.75, 3.05) is 11.8 Å². The largest absolute Gasteiger partial charge is 0.465 e. The van der Waals surface area contributed by atoms with E-state index in [4.69, 9.17) is 4.74 Å². The minimum absolute atomic E-state index is 0.0440. The molecule has 172 valence electrons. The predicted molar refractivity (Wildman–Crippen MR) is 133 cm³/mol. The number of carbonyl (C=O) groups is 2. The molecule has 0 saturated carbocycles. The summed E-state index contributed by atoms with van der Waals surface area (Å²) in [4.78, 5) is 25.3. The Morgan fingerprint density at radius 1 is 0.882 bits per heavy atom. The Labute approximate surface area is 201 Å². The Kier molecular flexibility index (Phi) is 6.63. The fraction of sp³-hybridized carbons (Fsp3) is 0.0769. The molecule has 3 aromatic carbocycles. The summed E-state index contributed by atoms with van der Waals surface area (Å²) < 4.78 is 34.7. The second kappa shape index (κ2) is 9.62. The maximum absolute atomic E-state index is 13.7. The van der Waals surface area contributed by atoms with Crippen LogP contribution in [0.25, 0.3) is 11.1 Å². The molecule has 0 aliphatic carbocycles. The SMILES string of the molecule is COC(=O)c1scc(-c2ccc(C)cc2)c1S(=O)(=O)Nc1ccccc1C(=O)c1ccccc1. The van der Waals surface area contributed by atoms with E-state index in [9.17, 15) is 18.0 Å². The number of aryl methyl sites for hydroxylation is 1. The summed E-state index contributed by atoms with van der Waals surface area (Å²) in [6.07, 6.45) is 0. The third kappa shape index (κ3) is 4.64. The van der Waals surface area contributed by atoms with Crippen molar-refractivity contribution in [1.29, 1.82) is 0 Å². The van der Waals surface area contributed by atoms with Crippen LogP contribution in [0.2, 0.25) is 0 Å². The summed E-state index contributed by atoms with van der Waals surface area (Å²) in [5, 5.41) is 1.62. The molecule has 4 aromatic rings. The van der Waals surface area contributed by atoms with E-state index < -0.39 is 16.0 Å². The molecular formula is C26H21NO5S2. The average molecular weight is 492 g/mol. The summed E-state index contributed by atoms with van der Waals surface area (Å²) in [6, 6.07) is 22.3. The second-order valence-electron chi connectivity index (χ2n) is 7.51. The quantitative estimate of drug-likeness (QED) is 0.271. The van der Waals surface area contributed by atoms with Crippen LogP contribution in [-0.4, -0.2) is 27.3 Å². The standard InChI is InChI=1S/C26H21NO5S2/c1-17-12-14-18(15-13-17)21-16-33-24(26(29)32-2)25(21)34(30,31)27-22-11-7-6-10-20(22)23(28)19-8-4-3-5-9-19/h3-16,27H,1-2H3. The number of para-hydroxylation sites is 1. The number of esters is 1. The molecule has 6 nitrogen and oxygen atoms in total. The van der Waals surface area contributed by atoms with Crippen molar-refractivity contribution in [2.24, 2.45) is 0 Å². The van der Waals surface area contributed by atoms with Crippen LogP contribution in [0, 0.1) is 6.92 Å². The fourth-order valence-corrected chi connectivity index (χ4v) is 6.29. The monoisotopic (exact) mass is 491 g/mol. The molecule has 8 heteroatoms. The molecule has 0 bridgehead atoms. The van der Waals surface area contributed by atoms with E-state index >= 15 is 0 Å². The molecule has 0 amide bonds. The summed E-state index contributed by atoms with van der Waals surface area (Å²) in [6.45, 7) is 1.93. The zero-order chi connectivity index (χ0) is 24.3. The van der Waals surface area contributed by atoms with Gasteiger partial charge in [0.2, 0.25) is 0 Å². The second-order valence-corrected chi connectivity index (χ2v) is 10.0. The lowest BCUT2D eigenvalue weighted by Crippen LogP contribution is -2.18. The minimum Gasteiger partial charge on any atom is -0.465 e. The van der Waals surface area contributed by atoms with Gasteiger partial charge in [-0.3, -0.25) is 9.52 Å². The summed E-state index contributed by atoms with van der Waals surface area (Å²) in [5.41, 5.74) is 2.79. The van der Waals surface area contributed by atoms with Crippen LogP contribution >= 0.6 is 11.3 Å². The van der Waals surface area contributed by atoms with E-state index in [-0.39, 0.29) is 26.8 Å². The van der Waals surface area contributed by atoms with Crippen LogP contribution in [0.3, 0.4) is 0 Å². The van der Waals surface area contributed by atoms with Crippen LogP contribution in [-0.2, 0) is 14.8 Å². The van der Waals surface area contributed by atoms with E-state index in [0.29, 0.717) is 16.7 Å². The maximum atomic E-state index is 13.7. The van der Waals surface area contributed by atoms with Gasteiger partial charge in [-0.1, -0.05) is 72.3 Å². The molecule has 1 aromatic heterocycles. The summed E-state index contributed by atoms with van der Waals surface area (Å²) in [5.74, 6) is -1.08. The molecule has 0 radical (unpaired) electrons. The molecule has 34 heavy (non-hydrogen) atoms. The van der Waals surface area contributed by atoms with E-state index in [0.717, 1.165) is 16.9 Å². The first kappa shape index (κ1) is 23.4. The van der Waals surface area contributed by atoms with Gasteiger partial charge >= 0.3 is 5.97 Å². The topological polar surface area (TPSA) is 89.5 Å². The average Bonchev–Trinajstić information content (AvgIpc) is 3.31. The fourth-order valence-electron chi connectivity index (χ4n) is 3.49. The Morgan fingerprint density at radius 3 is 2.21 bits per heavy atom. The van der Waals surface area contributed by atoms with Gasteiger partial charge in [-0.15, -0.1) is 11.3 Å². The van der Waals surface area contributed by atoms with Crippen LogP contribution in [0.15, 0.2) is 89.1 Å². The Balaban J connectivity index is 1.81. The zero-order valence-electron chi connectivity index (χ0n) is 18.4. The molecule has 0 saturated heterocycles. The number of hydrogen-bond acceptors (Lipinski definition) is 6. The highest BCUT2D eigenvalue weighted by molar-refractivity contribution is 7.93. The van der Waals surface area contributed by atoms with Crippen LogP contribution in [0.5, 0.6) is 0 Å². The van der Waals surface area contributed by atoms with Crippen LogP contribution in [0.4, 0.5) is 5.69 Å². The smallest absolute Gasteiger partial charge is 0.349 e. The van der Waals surface area contributed by atoms with E-state index in [1.807, 2.05) is 19.1 Å². The number of hydrogen-bond donors (Lipinski definition) is 1. The summed E-state index contributed by atoms with van der Waals surface area (Å²) in [7, 11) is -3.08. The minimum atomic E-state index is -4.28. The molecule has 0 atom stereocenters. The predicted octanol–water partition coefficient (Wildman–Crippen LogP) is 5.54. The van der Waals surface area contributed by atoms with Crippen molar-refractivity contribution in [3.8, 4) is 11.1 Å². The molecule has 0 unspecified atom stereocenters. The van der Waals surface area contributed by atoms with Crippen molar-refractivity contribution < 1.29 is 22.7 Å². The van der Waals surface area contributed by atoms with Gasteiger partial charge in [0, 0.05) is 22.1 Å². The third-order valence-corrected chi connectivity index (χ3v) is 7.74. The highest BCUT2D eigenvalue weighted by Crippen LogP contribution is 2.37. The number of anilines is 1. The van der Waals surface area contributed by atoms with Crippen molar-refractivity contribution in [1.82, 2.24) is 0 Å². The molecule has 0 spiro atoms. The first-order valence-corrected chi connectivity index (χ1v) is 12.7. The van der Waals surface area contributed by atoms with Crippen molar-refractivity contribution >= 4 is 38.8 Å². The normalized spacial score (nSPS) is 11.1. The molecule has 0 aliphatic heterocycles. The molecule has 1 heterocycles. The van der Waals surface area contributed by atoms with Crippen molar-refractivity contribution in [3.05, 3.63) is 106 Å². The molecule has 0 aliphatic rings. The number of benzene rings is 3. The van der Waals surface area contributed by atoms with E-state index in [2.05, 4.69) is 4.72 Å². The Hall–Kier alpha value is -3.75. The number of methoxy groups -OCH3 is 1. The summed E-state index contributed by atoms with van der Waals surface area (Å²) >= 11 is 0.992. The zero-order valence-corrected chi connectivity index (χ0v) is 20.1. The Bertz CT molecular complexity index is 1460. The van der Waals surface area contributed by atoms with Gasteiger partial charge in [0.15, 0.2) is 5.78 Å². The van der Waals surface area contributed by atoms with Gasteiger partial charge < -0.3 is 4.74 Å². The van der Waals surface area contributed by atoms with Crippen molar-refractivity contribution in [2.45, 2.75) is 11.8 Å². The van der Waals surface area contributed by atoms with Gasteiger partial charge in [-0.25, -0.2) is 13.2 Å². The van der Waals surface area contributed by atoms with E-state index in [1.165, 1.54) is 13.2 Å². The lowest BCUT2D eigenvalue weighted by Gasteiger charge is -2.14. The van der Waals surface area contributed by atoms with Gasteiger partial charge in [0.05, 0.1) is 12.8 Å². The number of rotatable bonds is 7. The van der Waals surface area contributed by atoms with Crippen LogP contribution in [0.1, 0.15) is 31.2 Å². The first-order chi connectivity index (χ1) is 16.3. The van der Waals surface area contributed by atoms with Gasteiger partial charge in [0.25, 0.3) is 10.0 Å². The first-order valence-electron chi connectivity index (χ1n) is 10.3. The molecule has 1 N–H and O–H groups in total. The van der Waals surface area contributed by atoms with Gasteiger partial charge in [-0.05, 0) is 24.6 Å². The van der Waals surface area contributed by atoms with Gasteiger partial charge in [-0.2, -0.15) is 0 Å². The Morgan fingerprint density at radius 2 is 1.53 bits per heavy atom. The lowest BCUT2D eigenvalue weighted by molar-refractivity contribution is 0.0602. The van der Waals surface area contributed by atoms with Crippen molar-refractivity contribution in [3.63, 3.8) is 0 Å². The maximum Gasteiger partial charge on any atom is 0.349 e. The number of thiophene rings is 1.